The maximum absolute atomic E-state index is 10.6. The van der Waals surface area contributed by atoms with Crippen LogP contribution in [0.5, 0.6) is 0 Å². The highest BCUT2D eigenvalue weighted by Gasteiger charge is 2.08. The Balaban J connectivity index is 0.00000163. The zero-order chi connectivity index (χ0) is 19.6. The molecule has 144 valence electrons. The zero-order valence-corrected chi connectivity index (χ0v) is 16.2. The second-order valence-corrected chi connectivity index (χ2v) is 5.98. The predicted molar refractivity (Wildman–Crippen MR) is 101 cm³/mol. The van der Waals surface area contributed by atoms with Gasteiger partial charge in [0.15, 0.2) is 0 Å². The Hall–Kier alpha value is -2.30. The molecule has 0 saturated heterocycles. The van der Waals surface area contributed by atoms with E-state index in [9.17, 15) is 8.42 Å². The van der Waals surface area contributed by atoms with E-state index >= 15 is 0 Å². The Morgan fingerprint density at radius 1 is 1.23 bits per heavy atom. The normalized spacial score (nSPS) is 11.3. The summed E-state index contributed by atoms with van der Waals surface area (Å²) in [6, 6.07) is 7.30. The smallest absolute Gasteiger partial charge is 0.369 e. The molecule has 0 saturated carbocycles. The van der Waals surface area contributed by atoms with Gasteiger partial charge in [-0.1, -0.05) is 13.8 Å². The van der Waals surface area contributed by atoms with Crippen LogP contribution < -0.4 is 4.90 Å². The van der Waals surface area contributed by atoms with Gasteiger partial charge in [0.05, 0.1) is 12.3 Å². The van der Waals surface area contributed by atoms with Gasteiger partial charge < -0.3 is 9.47 Å². The largest absolute Gasteiger partial charge is 0.397 e. The lowest BCUT2D eigenvalue weighted by Crippen LogP contribution is -2.27. The van der Waals surface area contributed by atoms with Crippen LogP contribution in [0.15, 0.2) is 46.9 Å². The zero-order valence-electron chi connectivity index (χ0n) is 15.4. The number of hydrogen-bond donors (Lipinski definition) is 1. The van der Waals surface area contributed by atoms with Crippen molar-refractivity contribution in [3.05, 3.63) is 36.7 Å². The van der Waals surface area contributed by atoms with Gasteiger partial charge in [0.1, 0.15) is 0 Å². The summed E-state index contributed by atoms with van der Waals surface area (Å²) in [5, 5.41) is 8.17. The van der Waals surface area contributed by atoms with Crippen molar-refractivity contribution in [1.29, 1.82) is 0 Å². The van der Waals surface area contributed by atoms with Crippen molar-refractivity contribution >= 4 is 27.7 Å². The van der Waals surface area contributed by atoms with Crippen LogP contribution in [0.25, 0.3) is 0 Å². The van der Waals surface area contributed by atoms with E-state index in [-0.39, 0.29) is 6.61 Å². The van der Waals surface area contributed by atoms with Crippen LogP contribution >= 0.6 is 0 Å². The molecular formula is C16H25N5O4S. The molecule has 0 aliphatic carbocycles. The molecule has 9 nitrogen and oxygen atoms in total. The van der Waals surface area contributed by atoms with Crippen LogP contribution in [0.4, 0.5) is 17.3 Å². The van der Waals surface area contributed by atoms with Crippen LogP contribution in [-0.2, 0) is 21.6 Å². The maximum atomic E-state index is 10.6. The fourth-order valence-electron chi connectivity index (χ4n) is 2.01. The summed E-state index contributed by atoms with van der Waals surface area (Å²) in [6.07, 6.45) is 3.43. The number of nitrogens with zero attached hydrogens (tertiary/aromatic N) is 5. The maximum Gasteiger partial charge on any atom is 0.397 e. The van der Waals surface area contributed by atoms with Gasteiger partial charge in [0.25, 0.3) is 0 Å². The summed E-state index contributed by atoms with van der Waals surface area (Å²) in [6.45, 7) is 6.78. The third-order valence-electron chi connectivity index (χ3n) is 3.24. The third-order valence-corrected chi connectivity index (χ3v) is 3.71. The molecule has 1 aromatic heterocycles. The first-order valence-electron chi connectivity index (χ1n) is 8.25. The average molecular weight is 383 g/mol. The highest BCUT2D eigenvalue weighted by atomic mass is 32.3. The van der Waals surface area contributed by atoms with Crippen molar-refractivity contribution in [3.8, 4) is 0 Å². The third kappa shape index (κ3) is 7.30. The Morgan fingerprint density at radius 3 is 2.38 bits per heavy atom. The molecule has 1 heterocycles. The Labute approximate surface area is 154 Å². The van der Waals surface area contributed by atoms with E-state index in [1.54, 1.807) is 29.1 Å². The fourth-order valence-corrected chi connectivity index (χ4v) is 2.29. The predicted octanol–water partition coefficient (Wildman–Crippen LogP) is 3.51. The molecular weight excluding hydrogens is 358 g/mol. The average Bonchev–Trinajstić information content (AvgIpc) is 3.03. The quantitative estimate of drug-likeness (QED) is 0.552. The monoisotopic (exact) mass is 383 g/mol. The van der Waals surface area contributed by atoms with E-state index in [1.165, 1.54) is 0 Å². The lowest BCUT2D eigenvalue weighted by Gasteiger charge is -2.22. The summed E-state index contributed by atoms with van der Waals surface area (Å²) in [5.74, 6) is 0.511. The van der Waals surface area contributed by atoms with Gasteiger partial charge >= 0.3 is 10.4 Å². The van der Waals surface area contributed by atoms with Gasteiger partial charge in [-0.05, 0) is 31.2 Å². The molecule has 2 aromatic rings. The standard InChI is InChI=1S/C14H19N5O4S.C2H6/c1-3-19(10-11-23-24(20,21)22)13-6-4-12(5-7-13)16-17-14-15-8-9-18(14)2;1-2/h4-9H,3,10-11H2,1-2H3,(H,20,21,22);1-2H3. The van der Waals surface area contributed by atoms with Crippen LogP contribution in [0, 0.1) is 0 Å². The van der Waals surface area contributed by atoms with E-state index in [0.717, 1.165) is 5.69 Å². The van der Waals surface area contributed by atoms with Gasteiger partial charge in [0.2, 0.25) is 5.95 Å². The summed E-state index contributed by atoms with van der Waals surface area (Å²) in [7, 11) is -2.58. The summed E-state index contributed by atoms with van der Waals surface area (Å²) >= 11 is 0. The number of imidazole rings is 1. The number of azo groups is 1. The van der Waals surface area contributed by atoms with E-state index in [1.807, 2.05) is 44.9 Å². The fraction of sp³-hybridized carbons (Fsp3) is 0.438. The van der Waals surface area contributed by atoms with E-state index in [2.05, 4.69) is 19.4 Å². The summed E-state index contributed by atoms with van der Waals surface area (Å²) in [4.78, 5) is 5.96. The van der Waals surface area contributed by atoms with Crippen molar-refractivity contribution in [2.24, 2.45) is 17.3 Å². The SMILES string of the molecule is CC.CCN(CCOS(=O)(=O)O)c1ccc(N=Nc2nccn2C)cc1. The highest BCUT2D eigenvalue weighted by molar-refractivity contribution is 7.80. The van der Waals surface area contributed by atoms with Crippen LogP contribution in [-0.4, -0.2) is 42.2 Å². The summed E-state index contributed by atoms with van der Waals surface area (Å²) in [5.41, 5.74) is 1.55. The lowest BCUT2D eigenvalue weighted by molar-refractivity contribution is 0.274. The van der Waals surface area contributed by atoms with E-state index in [0.29, 0.717) is 24.7 Å². The Morgan fingerprint density at radius 2 is 1.88 bits per heavy atom. The van der Waals surface area contributed by atoms with Crippen LogP contribution in [0.2, 0.25) is 0 Å². The molecule has 0 atom stereocenters. The highest BCUT2D eigenvalue weighted by Crippen LogP contribution is 2.21. The van der Waals surface area contributed by atoms with Crippen LogP contribution in [0.1, 0.15) is 20.8 Å². The van der Waals surface area contributed by atoms with Crippen molar-refractivity contribution in [2.75, 3.05) is 24.6 Å². The first-order chi connectivity index (χ1) is 12.4. The van der Waals surface area contributed by atoms with Gasteiger partial charge in [-0.2, -0.15) is 8.42 Å². The van der Waals surface area contributed by atoms with Crippen molar-refractivity contribution in [3.63, 3.8) is 0 Å². The Kier molecular flexibility index (Phi) is 8.90. The van der Waals surface area contributed by atoms with Gasteiger partial charge in [0, 0.05) is 38.2 Å². The minimum atomic E-state index is -4.41. The first-order valence-corrected chi connectivity index (χ1v) is 9.61. The van der Waals surface area contributed by atoms with Crippen molar-refractivity contribution in [2.45, 2.75) is 20.8 Å². The number of benzene rings is 1. The van der Waals surface area contributed by atoms with E-state index < -0.39 is 10.4 Å². The number of anilines is 1. The molecule has 10 heteroatoms. The van der Waals surface area contributed by atoms with Crippen LogP contribution in [0.3, 0.4) is 0 Å². The minimum Gasteiger partial charge on any atom is -0.369 e. The topological polar surface area (TPSA) is 109 Å². The minimum absolute atomic E-state index is 0.132. The van der Waals surface area contributed by atoms with Crippen molar-refractivity contribution < 1.29 is 17.2 Å². The molecule has 2 rings (SSSR count). The molecule has 1 N–H and O–H groups in total. The molecule has 0 amide bonds. The second kappa shape index (κ2) is 10.6. The van der Waals surface area contributed by atoms with E-state index in [4.69, 9.17) is 4.55 Å². The molecule has 0 spiro atoms. The molecule has 26 heavy (non-hydrogen) atoms. The number of aryl methyl sites for hydroxylation is 1. The molecule has 0 fully saturated rings. The second-order valence-electron chi connectivity index (χ2n) is 4.88. The number of hydrogen-bond acceptors (Lipinski definition) is 7. The number of rotatable bonds is 8. The first kappa shape index (κ1) is 21.7. The van der Waals surface area contributed by atoms with Gasteiger partial charge in [-0.25, -0.2) is 9.17 Å². The van der Waals surface area contributed by atoms with Gasteiger partial charge in [-0.15, -0.1) is 10.2 Å². The lowest BCUT2D eigenvalue weighted by atomic mass is 10.2. The Bertz CT molecular complexity index is 787. The number of likely N-dealkylation sites (N-methyl/N-ethyl adjacent to an activating group) is 1. The molecule has 0 bridgehead atoms. The molecule has 0 unspecified atom stereocenters. The molecule has 0 radical (unpaired) electrons. The summed E-state index contributed by atoms with van der Waals surface area (Å²) < 4.78 is 35.8. The van der Waals surface area contributed by atoms with Gasteiger partial charge in [-0.3, -0.25) is 4.55 Å². The molecule has 1 aromatic carbocycles. The molecule has 0 aliphatic heterocycles. The number of aromatic nitrogens is 2. The van der Waals surface area contributed by atoms with Crippen molar-refractivity contribution in [1.82, 2.24) is 9.55 Å². The molecule has 0 aliphatic rings.